The Bertz CT molecular complexity index is 964. The molecule has 152 valence electrons. The summed E-state index contributed by atoms with van der Waals surface area (Å²) >= 11 is 6.21. The van der Waals surface area contributed by atoms with Crippen molar-refractivity contribution in [2.75, 3.05) is 18.6 Å². The number of ether oxygens (including phenoxy) is 3. The van der Waals surface area contributed by atoms with Gasteiger partial charge in [0.1, 0.15) is 12.3 Å². The number of nitriles is 1. The maximum atomic E-state index is 13.5. The predicted octanol–water partition coefficient (Wildman–Crippen LogP) is 2.19. The quantitative estimate of drug-likeness (QED) is 0.791. The fourth-order valence-corrected chi connectivity index (χ4v) is 6.05. The zero-order valence-electron chi connectivity index (χ0n) is 16.0. The molecule has 1 spiro atoms. The molecule has 2 amide bonds. The zero-order valence-corrected chi connectivity index (χ0v) is 16.7. The highest BCUT2D eigenvalue weighted by Crippen LogP contribution is 2.65. The summed E-state index contributed by atoms with van der Waals surface area (Å²) in [5, 5.41) is 12.3. The molecule has 1 aromatic rings. The number of carbonyl (C=O) groups excluding carboxylic acids is 2. The number of halogens is 1. The van der Waals surface area contributed by atoms with Crippen molar-refractivity contribution in [1.82, 2.24) is 5.32 Å². The van der Waals surface area contributed by atoms with E-state index < -0.39 is 23.5 Å². The number of fused-ring (bicyclic) bond motifs is 2. The number of hydrogen-bond acceptors (Lipinski definition) is 6. The van der Waals surface area contributed by atoms with Gasteiger partial charge in [-0.05, 0) is 25.1 Å². The highest BCUT2D eigenvalue weighted by Gasteiger charge is 2.78. The molecule has 4 aliphatic rings. The van der Waals surface area contributed by atoms with Gasteiger partial charge in [-0.1, -0.05) is 11.6 Å². The Balaban J connectivity index is 1.56. The lowest BCUT2D eigenvalue weighted by molar-refractivity contribution is -0.143. The molecule has 9 heteroatoms. The first-order valence-electron chi connectivity index (χ1n) is 9.53. The maximum Gasteiger partial charge on any atom is 0.407 e. The van der Waals surface area contributed by atoms with Crippen molar-refractivity contribution < 1.29 is 23.8 Å². The van der Waals surface area contributed by atoms with Gasteiger partial charge in [0, 0.05) is 18.5 Å². The zero-order chi connectivity index (χ0) is 20.6. The highest BCUT2D eigenvalue weighted by atomic mass is 35.5. The summed E-state index contributed by atoms with van der Waals surface area (Å²) in [6, 6.07) is 6.71. The molecular formula is C20H20ClN3O5. The van der Waals surface area contributed by atoms with Crippen molar-refractivity contribution in [3.05, 3.63) is 28.8 Å². The van der Waals surface area contributed by atoms with Crippen LogP contribution in [0.3, 0.4) is 0 Å². The summed E-state index contributed by atoms with van der Waals surface area (Å²) in [4.78, 5) is 27.1. The third kappa shape index (κ3) is 2.32. The number of hydrogen-bond donors (Lipinski definition) is 1. The van der Waals surface area contributed by atoms with Crippen LogP contribution in [-0.4, -0.2) is 49.2 Å². The molecule has 1 N–H and O–H groups in total. The second kappa shape index (κ2) is 6.08. The number of benzene rings is 1. The molecule has 0 radical (unpaired) electrons. The van der Waals surface area contributed by atoms with Gasteiger partial charge >= 0.3 is 6.09 Å². The predicted molar refractivity (Wildman–Crippen MR) is 101 cm³/mol. The molecule has 1 aromatic carbocycles. The molecule has 4 saturated heterocycles. The van der Waals surface area contributed by atoms with Crippen LogP contribution < -0.4 is 10.2 Å². The lowest BCUT2D eigenvalue weighted by Gasteiger charge is -2.45. The van der Waals surface area contributed by atoms with E-state index in [4.69, 9.17) is 31.1 Å². The lowest BCUT2D eigenvalue weighted by Crippen LogP contribution is -2.61. The van der Waals surface area contributed by atoms with Gasteiger partial charge < -0.3 is 19.5 Å². The third-order valence-electron chi connectivity index (χ3n) is 6.88. The van der Waals surface area contributed by atoms with Crippen LogP contribution in [0.15, 0.2) is 18.2 Å². The first kappa shape index (κ1) is 18.7. The molecule has 1 unspecified atom stereocenters. The average molecular weight is 418 g/mol. The number of nitrogens with zero attached hydrogens (tertiary/aromatic N) is 2. The van der Waals surface area contributed by atoms with E-state index in [-0.39, 0.29) is 28.8 Å². The van der Waals surface area contributed by atoms with Gasteiger partial charge in [-0.2, -0.15) is 5.26 Å². The molecule has 0 aromatic heterocycles. The fourth-order valence-electron chi connectivity index (χ4n) is 5.84. The minimum Gasteiger partial charge on any atom is -0.453 e. The molecule has 8 nitrogen and oxygen atoms in total. The van der Waals surface area contributed by atoms with Crippen molar-refractivity contribution in [3.63, 3.8) is 0 Å². The molecule has 0 saturated carbocycles. The van der Waals surface area contributed by atoms with Gasteiger partial charge in [-0.25, -0.2) is 4.79 Å². The number of rotatable bonds is 2. The Morgan fingerprint density at radius 1 is 1.48 bits per heavy atom. The van der Waals surface area contributed by atoms with E-state index in [1.165, 1.54) is 7.11 Å². The van der Waals surface area contributed by atoms with E-state index in [0.29, 0.717) is 30.7 Å². The molecule has 2 bridgehead atoms. The van der Waals surface area contributed by atoms with Crippen LogP contribution in [0.1, 0.15) is 25.3 Å². The molecule has 4 fully saturated rings. The van der Waals surface area contributed by atoms with Crippen LogP contribution >= 0.6 is 11.6 Å². The molecule has 6 atom stereocenters. The Labute approximate surface area is 172 Å². The van der Waals surface area contributed by atoms with Crippen molar-refractivity contribution in [2.24, 2.45) is 11.8 Å². The van der Waals surface area contributed by atoms with E-state index in [2.05, 4.69) is 5.32 Å². The summed E-state index contributed by atoms with van der Waals surface area (Å²) in [5.74, 6) is -0.680. The summed E-state index contributed by atoms with van der Waals surface area (Å²) < 4.78 is 17.3. The van der Waals surface area contributed by atoms with Crippen LogP contribution in [0.5, 0.6) is 0 Å². The lowest BCUT2D eigenvalue weighted by atomic mass is 9.64. The van der Waals surface area contributed by atoms with Gasteiger partial charge in [-0.15, -0.1) is 0 Å². The SMILES string of the molecule is COC(=O)N[C@@H]1C[C@@]2(C)OC13CCO[C@H]1[C@@H]3[C@@H]2C(=O)N1c1ccc(C#N)c(Cl)c1. The van der Waals surface area contributed by atoms with Crippen molar-refractivity contribution >= 4 is 29.3 Å². The average Bonchev–Trinajstić information content (AvgIpc) is 3.25. The molecular weight excluding hydrogens is 398 g/mol. The minimum absolute atomic E-state index is 0.0800. The summed E-state index contributed by atoms with van der Waals surface area (Å²) in [6.45, 7) is 2.33. The first-order chi connectivity index (χ1) is 13.8. The van der Waals surface area contributed by atoms with Crippen LogP contribution in [0.4, 0.5) is 10.5 Å². The van der Waals surface area contributed by atoms with Crippen molar-refractivity contribution in [2.45, 2.75) is 43.2 Å². The fraction of sp³-hybridized carbons (Fsp3) is 0.550. The van der Waals surface area contributed by atoms with E-state index in [1.807, 2.05) is 13.0 Å². The smallest absolute Gasteiger partial charge is 0.407 e. The number of amides is 2. The standard InChI is InChI=1S/C20H20ClN3O5/c1-19-8-13(23-18(26)27-2)20(29-19)5-6-28-17-15(20)14(19)16(25)24(17)11-4-3-10(9-22)12(21)7-11/h3-4,7,13-15,17H,5-6,8H2,1-2H3,(H,23,26)/t13-,14-,15+,17+,19-,20?/m1/s1. The second-order valence-electron chi connectivity index (χ2n) is 8.26. The van der Waals surface area contributed by atoms with Gasteiger partial charge in [0.2, 0.25) is 5.91 Å². The van der Waals surface area contributed by atoms with Crippen LogP contribution in [-0.2, 0) is 19.0 Å². The van der Waals surface area contributed by atoms with Gasteiger partial charge in [0.25, 0.3) is 0 Å². The summed E-state index contributed by atoms with van der Waals surface area (Å²) in [6.07, 6.45) is 0.0894. The third-order valence-corrected chi connectivity index (χ3v) is 7.19. The minimum atomic E-state index is -0.704. The van der Waals surface area contributed by atoms with Crippen LogP contribution in [0.25, 0.3) is 0 Å². The van der Waals surface area contributed by atoms with Gasteiger partial charge in [0.15, 0.2) is 0 Å². The van der Waals surface area contributed by atoms with E-state index >= 15 is 0 Å². The largest absolute Gasteiger partial charge is 0.453 e. The molecule has 4 heterocycles. The topological polar surface area (TPSA) is 101 Å². The highest BCUT2D eigenvalue weighted by molar-refractivity contribution is 6.32. The summed E-state index contributed by atoms with van der Waals surface area (Å²) in [7, 11) is 1.33. The molecule has 0 aliphatic carbocycles. The van der Waals surface area contributed by atoms with Gasteiger partial charge in [0.05, 0.1) is 53.4 Å². The Kier molecular flexibility index (Phi) is 3.92. The monoisotopic (exact) mass is 417 g/mol. The van der Waals surface area contributed by atoms with Crippen molar-refractivity contribution in [3.8, 4) is 6.07 Å². The molecule has 5 rings (SSSR count). The number of methoxy groups -OCH3 is 1. The van der Waals surface area contributed by atoms with E-state index in [9.17, 15) is 9.59 Å². The Morgan fingerprint density at radius 3 is 2.97 bits per heavy atom. The normalized spacial score (nSPS) is 39.2. The molecule has 29 heavy (non-hydrogen) atoms. The Morgan fingerprint density at radius 2 is 2.28 bits per heavy atom. The van der Waals surface area contributed by atoms with E-state index in [1.54, 1.807) is 23.1 Å². The number of anilines is 1. The number of alkyl carbamates (subject to hydrolysis) is 1. The number of carbonyl (C=O) groups is 2. The summed E-state index contributed by atoms with van der Waals surface area (Å²) in [5.41, 5.74) is -0.445. The Hall–Kier alpha value is -2.34. The van der Waals surface area contributed by atoms with Crippen LogP contribution in [0.2, 0.25) is 5.02 Å². The van der Waals surface area contributed by atoms with E-state index in [0.717, 1.165) is 0 Å². The van der Waals surface area contributed by atoms with Gasteiger partial charge in [-0.3, -0.25) is 9.69 Å². The second-order valence-corrected chi connectivity index (χ2v) is 8.67. The number of nitrogens with one attached hydrogen (secondary N) is 1. The maximum absolute atomic E-state index is 13.5. The molecule has 4 aliphatic heterocycles. The first-order valence-corrected chi connectivity index (χ1v) is 9.91. The van der Waals surface area contributed by atoms with Crippen LogP contribution in [0, 0.1) is 23.2 Å². The van der Waals surface area contributed by atoms with Crippen molar-refractivity contribution in [1.29, 1.82) is 5.26 Å².